The smallest absolute Gasteiger partial charge is 0.143 e. The molecular formula is C28H27ClFN3O4. The molecule has 4 rings (SSSR count). The number of terminal acetylenes is 1. The summed E-state index contributed by atoms with van der Waals surface area (Å²) in [6.07, 6.45) is 10.4. The lowest BCUT2D eigenvalue weighted by Crippen LogP contribution is -2.50. The van der Waals surface area contributed by atoms with E-state index in [0.29, 0.717) is 54.1 Å². The van der Waals surface area contributed by atoms with Crippen molar-refractivity contribution in [3.05, 3.63) is 81.3 Å². The molecule has 7 nitrogen and oxygen atoms in total. The van der Waals surface area contributed by atoms with E-state index in [1.165, 1.54) is 18.5 Å². The zero-order valence-electron chi connectivity index (χ0n) is 20.5. The normalized spacial score (nSPS) is 18.3. The standard InChI is InChI=1S/C28H27ClFN3O4/c1-4-19-6-5-7-20(14-19)28(37-13-11-35-3)17-25-22(16-26(28)36-12-10-34-2)27(32-18-31-25)33-21-8-9-24(30)23(29)15-21/h1,5-9,14-18,26H,10-13H2,2-3H3,(H,31,32,33). The predicted molar refractivity (Wildman–Crippen MR) is 140 cm³/mol. The van der Waals surface area contributed by atoms with Gasteiger partial charge in [0, 0.05) is 30.7 Å². The highest BCUT2D eigenvalue weighted by Gasteiger charge is 2.42. The minimum Gasteiger partial charge on any atom is -0.382 e. The summed E-state index contributed by atoms with van der Waals surface area (Å²) in [5.74, 6) is 2.69. The van der Waals surface area contributed by atoms with Gasteiger partial charge in [0.25, 0.3) is 0 Å². The Bertz CT molecular complexity index is 1410. The monoisotopic (exact) mass is 523 g/mol. The molecule has 3 aromatic rings. The molecule has 1 aromatic heterocycles. The molecule has 1 N–H and O–H groups in total. The maximum absolute atomic E-state index is 13.7. The molecule has 2 atom stereocenters. The molecule has 9 heteroatoms. The Morgan fingerprint density at radius 3 is 2.65 bits per heavy atom. The molecular weight excluding hydrogens is 497 g/mol. The fourth-order valence-electron chi connectivity index (χ4n) is 4.09. The van der Waals surface area contributed by atoms with Gasteiger partial charge in [-0.3, -0.25) is 0 Å². The second-order valence-corrected chi connectivity index (χ2v) is 8.64. The summed E-state index contributed by atoms with van der Waals surface area (Å²) in [4.78, 5) is 8.94. The van der Waals surface area contributed by atoms with E-state index >= 15 is 0 Å². The van der Waals surface area contributed by atoms with Crippen molar-refractivity contribution in [2.45, 2.75) is 11.7 Å². The van der Waals surface area contributed by atoms with Crippen LogP contribution in [0.15, 0.2) is 48.8 Å². The maximum atomic E-state index is 13.7. The third kappa shape index (κ3) is 5.99. The van der Waals surface area contributed by atoms with E-state index in [1.807, 2.05) is 36.4 Å². The van der Waals surface area contributed by atoms with E-state index in [9.17, 15) is 4.39 Å². The first kappa shape index (κ1) is 26.7. The van der Waals surface area contributed by atoms with Crippen LogP contribution in [0.4, 0.5) is 15.9 Å². The highest BCUT2D eigenvalue weighted by molar-refractivity contribution is 6.31. The Kier molecular flexibility index (Phi) is 8.87. The van der Waals surface area contributed by atoms with Gasteiger partial charge in [-0.05, 0) is 48.0 Å². The van der Waals surface area contributed by atoms with E-state index < -0.39 is 17.5 Å². The lowest BCUT2D eigenvalue weighted by atomic mass is 9.83. The van der Waals surface area contributed by atoms with Crippen molar-refractivity contribution in [3.63, 3.8) is 0 Å². The number of ether oxygens (including phenoxy) is 4. The van der Waals surface area contributed by atoms with Gasteiger partial charge in [0.1, 0.15) is 29.7 Å². The second kappa shape index (κ2) is 12.3. The van der Waals surface area contributed by atoms with Crippen LogP contribution in [0.25, 0.3) is 12.2 Å². The lowest BCUT2D eigenvalue weighted by Gasteiger charge is -2.39. The van der Waals surface area contributed by atoms with Gasteiger partial charge in [0.2, 0.25) is 0 Å². The number of nitrogens with zero attached hydrogens (tertiary/aromatic N) is 2. The van der Waals surface area contributed by atoms with Crippen molar-refractivity contribution in [2.75, 3.05) is 46.0 Å². The first-order valence-electron chi connectivity index (χ1n) is 11.6. The van der Waals surface area contributed by atoms with Gasteiger partial charge in [-0.2, -0.15) is 0 Å². The number of rotatable bonds is 11. The third-order valence-electron chi connectivity index (χ3n) is 5.88. The van der Waals surface area contributed by atoms with Crippen molar-refractivity contribution in [1.82, 2.24) is 9.97 Å². The Labute approximate surface area is 219 Å². The van der Waals surface area contributed by atoms with Gasteiger partial charge in [0.15, 0.2) is 0 Å². The first-order valence-corrected chi connectivity index (χ1v) is 12.0. The van der Waals surface area contributed by atoms with E-state index in [1.54, 1.807) is 20.3 Å². The summed E-state index contributed by atoms with van der Waals surface area (Å²) in [6.45, 7) is 1.38. The molecule has 1 aliphatic rings. The zero-order valence-corrected chi connectivity index (χ0v) is 21.3. The summed E-state index contributed by atoms with van der Waals surface area (Å²) in [5, 5.41) is 4.53. The molecule has 0 aliphatic heterocycles. The number of halogens is 2. The number of hydrogen-bond acceptors (Lipinski definition) is 7. The molecule has 1 aliphatic carbocycles. The third-order valence-corrected chi connectivity index (χ3v) is 6.17. The summed E-state index contributed by atoms with van der Waals surface area (Å²) in [7, 11) is 3.22. The van der Waals surface area contributed by atoms with Crippen molar-refractivity contribution in [3.8, 4) is 12.3 Å². The Balaban J connectivity index is 1.87. The van der Waals surface area contributed by atoms with Gasteiger partial charge >= 0.3 is 0 Å². The van der Waals surface area contributed by atoms with Crippen LogP contribution in [0, 0.1) is 18.2 Å². The van der Waals surface area contributed by atoms with E-state index in [2.05, 4.69) is 21.2 Å². The fraction of sp³-hybridized carbons (Fsp3) is 0.286. The van der Waals surface area contributed by atoms with Gasteiger partial charge < -0.3 is 24.3 Å². The molecule has 0 fully saturated rings. The molecule has 2 aromatic carbocycles. The summed E-state index contributed by atoms with van der Waals surface area (Å²) >= 11 is 5.97. The Hall–Kier alpha value is -3.32. The van der Waals surface area contributed by atoms with Crippen LogP contribution < -0.4 is 15.9 Å². The minimum atomic E-state index is -1.06. The van der Waals surface area contributed by atoms with Crippen LogP contribution in [-0.2, 0) is 24.5 Å². The van der Waals surface area contributed by atoms with Crippen molar-refractivity contribution >= 4 is 35.3 Å². The molecule has 37 heavy (non-hydrogen) atoms. The molecule has 0 saturated carbocycles. The number of anilines is 2. The van der Waals surface area contributed by atoms with Crippen molar-refractivity contribution < 1.29 is 23.3 Å². The molecule has 0 amide bonds. The van der Waals surface area contributed by atoms with Gasteiger partial charge in [-0.1, -0.05) is 29.7 Å². The van der Waals surface area contributed by atoms with Gasteiger partial charge in [0.05, 0.1) is 36.8 Å². The number of methoxy groups -OCH3 is 2. The van der Waals surface area contributed by atoms with Crippen LogP contribution >= 0.6 is 11.6 Å². The molecule has 1 heterocycles. The van der Waals surface area contributed by atoms with Crippen LogP contribution in [-0.4, -0.2) is 56.7 Å². The quantitative estimate of drug-likeness (QED) is 0.306. The molecule has 2 unspecified atom stereocenters. The van der Waals surface area contributed by atoms with E-state index in [0.717, 1.165) is 5.56 Å². The van der Waals surface area contributed by atoms with Crippen LogP contribution in [0.2, 0.25) is 5.02 Å². The fourth-order valence-corrected chi connectivity index (χ4v) is 4.27. The van der Waals surface area contributed by atoms with Crippen LogP contribution in [0.3, 0.4) is 0 Å². The molecule has 0 saturated heterocycles. The maximum Gasteiger partial charge on any atom is 0.143 e. The highest BCUT2D eigenvalue weighted by atomic mass is 35.5. The largest absolute Gasteiger partial charge is 0.382 e. The van der Waals surface area contributed by atoms with Gasteiger partial charge in [-0.25, -0.2) is 14.4 Å². The number of benzene rings is 2. The van der Waals surface area contributed by atoms with E-state index in [4.69, 9.17) is 37.0 Å². The Morgan fingerprint density at radius 1 is 1.08 bits per heavy atom. The summed E-state index contributed by atoms with van der Waals surface area (Å²) < 4.78 is 37.0. The van der Waals surface area contributed by atoms with Crippen LogP contribution in [0.1, 0.15) is 11.1 Å². The Morgan fingerprint density at radius 2 is 1.89 bits per heavy atom. The van der Waals surface area contributed by atoms with E-state index in [-0.39, 0.29) is 5.02 Å². The average molecular weight is 524 g/mol. The summed E-state index contributed by atoms with van der Waals surface area (Å²) in [6, 6.07) is 11.9. The highest BCUT2D eigenvalue weighted by Crippen LogP contribution is 2.36. The van der Waals surface area contributed by atoms with Crippen LogP contribution in [0.5, 0.6) is 0 Å². The molecule has 192 valence electrons. The topological polar surface area (TPSA) is 74.7 Å². The van der Waals surface area contributed by atoms with Gasteiger partial charge in [-0.15, -0.1) is 6.42 Å². The molecule has 0 spiro atoms. The number of fused-ring (bicyclic) bond motifs is 1. The second-order valence-electron chi connectivity index (χ2n) is 8.23. The van der Waals surface area contributed by atoms with Crippen molar-refractivity contribution in [2.24, 2.45) is 0 Å². The SMILES string of the molecule is C#Cc1cccc(C2(OCCOC)C=c3ncnc(Nc4ccc(F)c(Cl)c4)c3=CC2OCCOC)c1. The number of aromatic nitrogens is 2. The zero-order chi connectivity index (χ0) is 26.3. The lowest BCUT2D eigenvalue weighted by molar-refractivity contribution is -0.105. The summed E-state index contributed by atoms with van der Waals surface area (Å²) in [5.41, 5.74) is 1.03. The predicted octanol–water partition coefficient (Wildman–Crippen LogP) is 3.16. The molecule has 0 radical (unpaired) electrons. The minimum absolute atomic E-state index is 0.00296. The number of nitrogens with one attached hydrogen (secondary N) is 1. The van der Waals surface area contributed by atoms with Crippen molar-refractivity contribution in [1.29, 1.82) is 0 Å². The average Bonchev–Trinajstić information content (AvgIpc) is 2.91. The number of hydrogen-bond donors (Lipinski definition) is 1. The first-order chi connectivity index (χ1) is 18.0. The molecule has 0 bridgehead atoms.